The number of carbonyl (C=O) groups excluding carboxylic acids is 1. The van der Waals surface area contributed by atoms with E-state index in [-0.39, 0.29) is 12.0 Å². The van der Waals surface area contributed by atoms with E-state index < -0.39 is 0 Å². The van der Waals surface area contributed by atoms with E-state index in [1.165, 1.54) is 0 Å². The summed E-state index contributed by atoms with van der Waals surface area (Å²) in [7, 11) is 1.61. The van der Waals surface area contributed by atoms with Gasteiger partial charge in [-0.15, -0.1) is 0 Å². The number of hydrogen-bond acceptors (Lipinski definition) is 5. The van der Waals surface area contributed by atoms with Crippen molar-refractivity contribution in [2.75, 3.05) is 19.4 Å². The summed E-state index contributed by atoms with van der Waals surface area (Å²) in [6.07, 6.45) is 3.20. The van der Waals surface area contributed by atoms with Crippen molar-refractivity contribution in [2.24, 2.45) is 0 Å². The Morgan fingerprint density at radius 1 is 1.25 bits per heavy atom. The van der Waals surface area contributed by atoms with Crippen LogP contribution in [-0.4, -0.2) is 34.6 Å². The predicted molar refractivity (Wildman–Crippen MR) is 116 cm³/mol. The topological polar surface area (TPSA) is 93.4 Å². The number of rotatable bonds is 6. The summed E-state index contributed by atoms with van der Waals surface area (Å²) in [5.74, 6) is 0.875. The molecular formula is C19H23Br2N5O2. The summed E-state index contributed by atoms with van der Waals surface area (Å²) in [5, 5.41) is 2.98. The van der Waals surface area contributed by atoms with Crippen molar-refractivity contribution in [1.29, 1.82) is 0 Å². The van der Waals surface area contributed by atoms with E-state index in [1.807, 2.05) is 12.1 Å². The number of nitrogens with zero attached hydrogens (tertiary/aromatic N) is 3. The number of benzene rings is 1. The number of fused-ring (bicyclic) bond motifs is 1. The number of urea groups is 1. The van der Waals surface area contributed by atoms with Crippen LogP contribution in [0.25, 0.3) is 11.3 Å². The fraction of sp³-hybridized carbons (Fsp3) is 0.421. The number of nitrogens with two attached hydrogens (primary N) is 1. The number of unbranched alkanes of at least 4 members (excludes halogenated alkanes) is 2. The maximum Gasteiger partial charge on any atom is 0.318 e. The second-order valence-corrected chi connectivity index (χ2v) is 8.33. The molecule has 0 unspecified atom stereocenters. The third-order valence-electron chi connectivity index (χ3n) is 4.64. The quantitative estimate of drug-likeness (QED) is 0.557. The molecule has 28 heavy (non-hydrogen) atoms. The van der Waals surface area contributed by atoms with Crippen LogP contribution in [0.4, 0.5) is 10.7 Å². The molecule has 0 fully saturated rings. The highest BCUT2D eigenvalue weighted by atomic mass is 79.9. The molecule has 0 atom stereocenters. The number of amides is 2. The van der Waals surface area contributed by atoms with Crippen molar-refractivity contribution in [3.05, 3.63) is 32.3 Å². The lowest BCUT2D eigenvalue weighted by atomic mass is 10.1. The maximum atomic E-state index is 12.5. The highest BCUT2D eigenvalue weighted by molar-refractivity contribution is 9.11. The number of methoxy groups -OCH3 is 1. The summed E-state index contributed by atoms with van der Waals surface area (Å²) < 4.78 is 7.10. The smallest absolute Gasteiger partial charge is 0.318 e. The first-order valence-electron chi connectivity index (χ1n) is 9.16. The molecule has 2 heterocycles. The normalized spacial score (nSPS) is 12.8. The number of nitrogens with one attached hydrogen (secondary N) is 1. The number of aromatic nitrogens is 2. The van der Waals surface area contributed by atoms with Crippen LogP contribution in [0.1, 0.15) is 37.4 Å². The van der Waals surface area contributed by atoms with Gasteiger partial charge < -0.3 is 20.7 Å². The second kappa shape index (κ2) is 9.09. The van der Waals surface area contributed by atoms with Gasteiger partial charge in [0, 0.05) is 22.1 Å². The summed E-state index contributed by atoms with van der Waals surface area (Å²) >= 11 is 7.07. The van der Waals surface area contributed by atoms with E-state index in [0.717, 1.165) is 45.0 Å². The van der Waals surface area contributed by atoms with Crippen LogP contribution in [0.2, 0.25) is 0 Å². The number of carbonyl (C=O) groups is 1. The molecule has 2 amide bonds. The number of hydrogen-bond donors (Lipinski definition) is 2. The monoisotopic (exact) mass is 511 g/mol. The SMILES string of the molecule is CCCCCNC(=O)N1Cc2nc(N)nc(-c3cc(OC)c(Br)cc3Br)c2C1. The van der Waals surface area contributed by atoms with Crippen LogP contribution in [0.15, 0.2) is 21.1 Å². The van der Waals surface area contributed by atoms with Crippen molar-refractivity contribution < 1.29 is 9.53 Å². The van der Waals surface area contributed by atoms with Gasteiger partial charge in [0.1, 0.15) is 5.75 Å². The predicted octanol–water partition coefficient (Wildman–Crippen LogP) is 4.47. The van der Waals surface area contributed by atoms with E-state index in [9.17, 15) is 4.79 Å². The third-order valence-corrected chi connectivity index (χ3v) is 5.92. The molecule has 2 aromatic rings. The fourth-order valence-electron chi connectivity index (χ4n) is 3.19. The molecule has 1 aliphatic heterocycles. The zero-order valence-electron chi connectivity index (χ0n) is 15.9. The van der Waals surface area contributed by atoms with Crippen LogP contribution in [0.5, 0.6) is 5.75 Å². The van der Waals surface area contributed by atoms with Gasteiger partial charge in [0.25, 0.3) is 0 Å². The van der Waals surface area contributed by atoms with Crippen LogP contribution in [0, 0.1) is 0 Å². The molecule has 0 radical (unpaired) electrons. The summed E-state index contributed by atoms with van der Waals surface area (Å²) in [6, 6.07) is 3.71. The zero-order chi connectivity index (χ0) is 20.3. The lowest BCUT2D eigenvalue weighted by molar-refractivity contribution is 0.198. The molecule has 9 heteroatoms. The molecule has 3 rings (SSSR count). The minimum atomic E-state index is -0.0916. The molecule has 150 valence electrons. The lowest BCUT2D eigenvalue weighted by Crippen LogP contribution is -2.36. The molecule has 0 aliphatic carbocycles. The molecule has 7 nitrogen and oxygen atoms in total. The molecule has 3 N–H and O–H groups in total. The first kappa shape index (κ1) is 20.9. The first-order valence-corrected chi connectivity index (χ1v) is 10.7. The van der Waals surface area contributed by atoms with E-state index in [0.29, 0.717) is 31.1 Å². The Kier molecular flexibility index (Phi) is 6.77. The Bertz CT molecular complexity index is 891. The van der Waals surface area contributed by atoms with Gasteiger partial charge in [0.05, 0.1) is 36.1 Å². The van der Waals surface area contributed by atoms with Gasteiger partial charge in [-0.1, -0.05) is 35.7 Å². The molecule has 0 saturated heterocycles. The van der Waals surface area contributed by atoms with Gasteiger partial charge in [-0.2, -0.15) is 0 Å². The average Bonchev–Trinajstić information content (AvgIpc) is 3.09. The van der Waals surface area contributed by atoms with E-state index >= 15 is 0 Å². The van der Waals surface area contributed by atoms with Gasteiger partial charge in [-0.25, -0.2) is 14.8 Å². The zero-order valence-corrected chi connectivity index (χ0v) is 19.1. The van der Waals surface area contributed by atoms with Gasteiger partial charge in [-0.05, 0) is 34.5 Å². The Hall–Kier alpha value is -1.87. The van der Waals surface area contributed by atoms with E-state index in [2.05, 4.69) is 54.1 Å². The number of anilines is 1. The lowest BCUT2D eigenvalue weighted by Gasteiger charge is -2.16. The van der Waals surface area contributed by atoms with Gasteiger partial charge >= 0.3 is 6.03 Å². The van der Waals surface area contributed by atoms with Crippen molar-refractivity contribution in [1.82, 2.24) is 20.2 Å². The van der Waals surface area contributed by atoms with Gasteiger partial charge in [0.2, 0.25) is 5.95 Å². The van der Waals surface area contributed by atoms with Crippen LogP contribution in [-0.2, 0) is 13.1 Å². The summed E-state index contributed by atoms with van der Waals surface area (Å²) in [6.45, 7) is 3.67. The van der Waals surface area contributed by atoms with Crippen LogP contribution < -0.4 is 15.8 Å². The van der Waals surface area contributed by atoms with Gasteiger partial charge in [-0.3, -0.25) is 0 Å². The Morgan fingerprint density at radius 3 is 2.75 bits per heavy atom. The van der Waals surface area contributed by atoms with Crippen molar-refractivity contribution in [2.45, 2.75) is 39.3 Å². The molecule has 0 bridgehead atoms. The minimum Gasteiger partial charge on any atom is -0.496 e. The van der Waals surface area contributed by atoms with Crippen molar-refractivity contribution in [3.8, 4) is 17.0 Å². The standard InChI is InChI=1S/C19H23Br2N5O2/c1-3-4-5-6-23-19(27)26-9-12-15(10-26)24-18(22)25-17(12)11-7-16(28-2)14(21)8-13(11)20/h7-8H,3-6,9-10H2,1-2H3,(H,23,27)(H2,22,24,25). The Labute approximate surface area is 181 Å². The number of ether oxygens (including phenoxy) is 1. The minimum absolute atomic E-state index is 0.0916. The maximum absolute atomic E-state index is 12.5. The molecule has 0 spiro atoms. The largest absolute Gasteiger partial charge is 0.496 e. The summed E-state index contributed by atoms with van der Waals surface area (Å²) in [4.78, 5) is 23.1. The summed E-state index contributed by atoms with van der Waals surface area (Å²) in [5.41, 5.74) is 9.19. The Morgan fingerprint density at radius 2 is 2.04 bits per heavy atom. The Balaban J connectivity index is 1.88. The molecule has 1 aromatic carbocycles. The first-order chi connectivity index (χ1) is 13.4. The van der Waals surface area contributed by atoms with E-state index in [4.69, 9.17) is 10.5 Å². The van der Waals surface area contributed by atoms with E-state index in [1.54, 1.807) is 12.0 Å². The molecule has 0 saturated carbocycles. The molecule has 1 aromatic heterocycles. The molecular weight excluding hydrogens is 490 g/mol. The van der Waals surface area contributed by atoms with Crippen LogP contribution >= 0.6 is 31.9 Å². The second-order valence-electron chi connectivity index (χ2n) is 6.62. The number of halogens is 2. The average molecular weight is 513 g/mol. The highest BCUT2D eigenvalue weighted by Gasteiger charge is 2.29. The van der Waals surface area contributed by atoms with Crippen LogP contribution in [0.3, 0.4) is 0 Å². The molecule has 1 aliphatic rings. The fourth-order valence-corrected chi connectivity index (χ4v) is 4.53. The third kappa shape index (κ3) is 4.41. The van der Waals surface area contributed by atoms with Crippen molar-refractivity contribution in [3.63, 3.8) is 0 Å². The number of nitrogen functional groups attached to an aromatic ring is 1. The van der Waals surface area contributed by atoms with Gasteiger partial charge in [0.15, 0.2) is 0 Å². The highest BCUT2D eigenvalue weighted by Crippen LogP contribution is 2.39. The van der Waals surface area contributed by atoms with Crippen molar-refractivity contribution >= 4 is 43.8 Å².